The molecule has 5 heteroatoms. The summed E-state index contributed by atoms with van der Waals surface area (Å²) >= 11 is 0. The molecule has 0 bridgehead atoms. The highest BCUT2D eigenvalue weighted by Crippen LogP contribution is 2.20. The van der Waals surface area contributed by atoms with Crippen LogP contribution in [0.15, 0.2) is 29.2 Å². The first kappa shape index (κ1) is 16.5. The fraction of sp³-hybridized carbons (Fsp3) is 0.625. The van der Waals surface area contributed by atoms with E-state index in [9.17, 15) is 8.42 Å². The van der Waals surface area contributed by atoms with Gasteiger partial charge in [0.15, 0.2) is 0 Å². The van der Waals surface area contributed by atoms with Crippen LogP contribution in [0.2, 0.25) is 0 Å². The monoisotopic (exact) mass is 310 g/mol. The number of nitrogens with zero attached hydrogens (tertiary/aromatic N) is 1. The van der Waals surface area contributed by atoms with E-state index in [1.807, 2.05) is 12.1 Å². The Labute approximate surface area is 128 Å². The highest BCUT2D eigenvalue weighted by atomic mass is 32.2. The number of benzene rings is 1. The van der Waals surface area contributed by atoms with Crippen molar-refractivity contribution in [3.8, 4) is 0 Å². The van der Waals surface area contributed by atoms with Gasteiger partial charge in [0.05, 0.1) is 4.90 Å². The maximum atomic E-state index is 12.6. The van der Waals surface area contributed by atoms with Crippen LogP contribution in [0.25, 0.3) is 0 Å². The molecule has 1 aliphatic rings. The number of rotatable bonds is 5. The van der Waals surface area contributed by atoms with E-state index >= 15 is 0 Å². The van der Waals surface area contributed by atoms with Crippen LogP contribution >= 0.6 is 0 Å². The van der Waals surface area contributed by atoms with Gasteiger partial charge in [-0.15, -0.1) is 0 Å². The Balaban J connectivity index is 2.08. The first-order valence-corrected chi connectivity index (χ1v) is 9.15. The van der Waals surface area contributed by atoms with Gasteiger partial charge in [-0.3, -0.25) is 0 Å². The molecule has 1 fully saturated rings. The van der Waals surface area contributed by atoms with Crippen LogP contribution in [0, 0.1) is 0 Å². The Morgan fingerprint density at radius 3 is 2.43 bits per heavy atom. The number of hydrogen-bond donors (Lipinski definition) is 1. The molecule has 0 aromatic heterocycles. The Bertz CT molecular complexity index is 546. The predicted molar refractivity (Wildman–Crippen MR) is 86.0 cm³/mol. The average Bonchev–Trinajstić information content (AvgIpc) is 2.48. The zero-order valence-electron chi connectivity index (χ0n) is 13.2. The second-order valence-electron chi connectivity index (χ2n) is 6.16. The minimum Gasteiger partial charge on any atom is -0.313 e. The van der Waals surface area contributed by atoms with Gasteiger partial charge in [-0.1, -0.05) is 32.4 Å². The summed E-state index contributed by atoms with van der Waals surface area (Å²) in [5, 5.41) is 3.39. The van der Waals surface area contributed by atoms with Crippen molar-refractivity contribution in [3.05, 3.63) is 29.8 Å². The van der Waals surface area contributed by atoms with Crippen LogP contribution in [0.3, 0.4) is 0 Å². The van der Waals surface area contributed by atoms with Gasteiger partial charge in [-0.2, -0.15) is 4.31 Å². The molecule has 2 rings (SSSR count). The van der Waals surface area contributed by atoms with Gasteiger partial charge >= 0.3 is 0 Å². The Kier molecular flexibility index (Phi) is 5.41. The Morgan fingerprint density at radius 2 is 1.90 bits per heavy atom. The summed E-state index contributed by atoms with van der Waals surface area (Å²) in [6.07, 6.45) is 3.41. The fourth-order valence-corrected chi connectivity index (χ4v) is 3.91. The quantitative estimate of drug-likeness (QED) is 0.909. The zero-order chi connectivity index (χ0) is 15.5. The summed E-state index contributed by atoms with van der Waals surface area (Å²) in [5.74, 6) is 0.408. The lowest BCUT2D eigenvalue weighted by Crippen LogP contribution is -2.44. The maximum absolute atomic E-state index is 12.6. The summed E-state index contributed by atoms with van der Waals surface area (Å²) in [5.41, 5.74) is 1.16. The van der Waals surface area contributed by atoms with Gasteiger partial charge < -0.3 is 5.32 Å². The number of piperidine rings is 1. The molecule has 0 aliphatic carbocycles. The van der Waals surface area contributed by atoms with Gasteiger partial charge in [0.2, 0.25) is 10.0 Å². The fourth-order valence-electron chi connectivity index (χ4n) is 2.69. The standard InChI is InChI=1S/C16H26N2O2S/c1-13(2)14-7-9-16(10-8-14)21(19,20)18(3)12-15-6-4-5-11-17-15/h7-10,13,15,17H,4-6,11-12H2,1-3H3. The summed E-state index contributed by atoms with van der Waals surface area (Å²) < 4.78 is 26.6. The van der Waals surface area contributed by atoms with E-state index in [2.05, 4.69) is 19.2 Å². The third-order valence-electron chi connectivity index (χ3n) is 4.14. The molecule has 1 N–H and O–H groups in total. The molecule has 118 valence electrons. The van der Waals surface area contributed by atoms with Crippen molar-refractivity contribution >= 4 is 10.0 Å². The molecular formula is C16H26N2O2S. The molecule has 0 radical (unpaired) electrons. The van der Waals surface area contributed by atoms with Crippen molar-refractivity contribution in [3.63, 3.8) is 0 Å². The van der Waals surface area contributed by atoms with E-state index in [0.29, 0.717) is 17.4 Å². The summed E-state index contributed by atoms with van der Waals surface area (Å²) in [6, 6.07) is 7.52. The summed E-state index contributed by atoms with van der Waals surface area (Å²) in [4.78, 5) is 0.380. The molecule has 1 atom stereocenters. The Morgan fingerprint density at radius 1 is 1.24 bits per heavy atom. The number of hydrogen-bond acceptors (Lipinski definition) is 3. The molecular weight excluding hydrogens is 284 g/mol. The van der Waals surface area contributed by atoms with Crippen LogP contribution in [-0.2, 0) is 10.0 Å². The second kappa shape index (κ2) is 6.90. The lowest BCUT2D eigenvalue weighted by atomic mass is 10.0. The van der Waals surface area contributed by atoms with Crippen LogP contribution in [0.4, 0.5) is 0 Å². The van der Waals surface area contributed by atoms with Crippen molar-refractivity contribution < 1.29 is 8.42 Å². The lowest BCUT2D eigenvalue weighted by Gasteiger charge is -2.27. The van der Waals surface area contributed by atoms with Gasteiger partial charge in [0.25, 0.3) is 0 Å². The van der Waals surface area contributed by atoms with E-state index < -0.39 is 10.0 Å². The molecule has 1 aromatic rings. The molecule has 1 aliphatic heterocycles. The lowest BCUT2D eigenvalue weighted by molar-refractivity contribution is 0.337. The second-order valence-corrected chi connectivity index (χ2v) is 8.20. The van der Waals surface area contributed by atoms with Crippen LogP contribution in [0.5, 0.6) is 0 Å². The van der Waals surface area contributed by atoms with Crippen molar-refractivity contribution in [2.75, 3.05) is 20.1 Å². The van der Waals surface area contributed by atoms with Gasteiger partial charge in [0, 0.05) is 19.6 Å². The zero-order valence-corrected chi connectivity index (χ0v) is 14.0. The topological polar surface area (TPSA) is 49.4 Å². The van der Waals surface area contributed by atoms with E-state index in [-0.39, 0.29) is 6.04 Å². The van der Waals surface area contributed by atoms with Crippen molar-refractivity contribution in [1.29, 1.82) is 0 Å². The minimum absolute atomic E-state index is 0.272. The minimum atomic E-state index is -3.39. The largest absolute Gasteiger partial charge is 0.313 e. The maximum Gasteiger partial charge on any atom is 0.242 e. The number of nitrogens with one attached hydrogen (secondary N) is 1. The van der Waals surface area contributed by atoms with Gasteiger partial charge in [0.1, 0.15) is 0 Å². The molecule has 1 aromatic carbocycles. The first-order valence-electron chi connectivity index (χ1n) is 7.71. The van der Waals surface area contributed by atoms with Gasteiger partial charge in [-0.05, 0) is 43.0 Å². The first-order chi connectivity index (χ1) is 9.91. The molecule has 0 saturated carbocycles. The third kappa shape index (κ3) is 4.05. The van der Waals surface area contributed by atoms with Crippen LogP contribution in [-0.4, -0.2) is 38.9 Å². The molecule has 0 spiro atoms. The van der Waals surface area contributed by atoms with E-state index in [4.69, 9.17) is 0 Å². The van der Waals surface area contributed by atoms with Crippen LogP contribution < -0.4 is 5.32 Å². The molecule has 4 nitrogen and oxygen atoms in total. The van der Waals surface area contributed by atoms with Crippen LogP contribution in [0.1, 0.15) is 44.6 Å². The Hall–Kier alpha value is -0.910. The summed E-state index contributed by atoms with van der Waals surface area (Å²) in [6.45, 7) is 5.73. The number of sulfonamides is 1. The molecule has 1 unspecified atom stereocenters. The third-order valence-corrected chi connectivity index (χ3v) is 5.98. The highest BCUT2D eigenvalue weighted by Gasteiger charge is 2.24. The van der Waals surface area contributed by atoms with E-state index in [1.165, 1.54) is 17.1 Å². The molecule has 1 saturated heterocycles. The van der Waals surface area contributed by atoms with E-state index in [0.717, 1.165) is 18.5 Å². The number of likely N-dealkylation sites (N-methyl/N-ethyl adjacent to an activating group) is 1. The highest BCUT2D eigenvalue weighted by molar-refractivity contribution is 7.89. The predicted octanol–water partition coefficient (Wildman–Crippen LogP) is 2.57. The van der Waals surface area contributed by atoms with Crippen molar-refractivity contribution in [2.24, 2.45) is 0 Å². The SMILES string of the molecule is CC(C)c1ccc(S(=O)(=O)N(C)CC2CCCCN2)cc1. The van der Waals surface area contributed by atoms with Gasteiger partial charge in [-0.25, -0.2) is 8.42 Å². The smallest absolute Gasteiger partial charge is 0.242 e. The van der Waals surface area contributed by atoms with Crippen molar-refractivity contribution in [2.45, 2.75) is 50.0 Å². The molecule has 0 amide bonds. The molecule has 1 heterocycles. The summed E-state index contributed by atoms with van der Waals surface area (Å²) in [7, 11) is -1.72. The molecule has 21 heavy (non-hydrogen) atoms. The van der Waals surface area contributed by atoms with Crippen molar-refractivity contribution in [1.82, 2.24) is 9.62 Å². The van der Waals surface area contributed by atoms with E-state index in [1.54, 1.807) is 19.2 Å². The normalized spacial score (nSPS) is 20.1. The average molecular weight is 310 g/mol.